The molecule has 2 nitrogen and oxygen atoms in total. The van der Waals surface area contributed by atoms with Crippen molar-refractivity contribution in [3.8, 4) is 0 Å². The third-order valence-electron chi connectivity index (χ3n) is 2.07. The molecule has 0 aliphatic heterocycles. The van der Waals surface area contributed by atoms with Crippen LogP contribution in [-0.4, -0.2) is 16.5 Å². The Bertz CT molecular complexity index is 118. The van der Waals surface area contributed by atoms with Crippen molar-refractivity contribution in [1.29, 1.82) is 0 Å². The van der Waals surface area contributed by atoms with Crippen molar-refractivity contribution >= 4 is 0 Å². The van der Waals surface area contributed by atoms with Gasteiger partial charge in [-0.2, -0.15) is 0 Å². The Balaban J connectivity index is 1.90. The zero-order valence-electron chi connectivity index (χ0n) is 5.68. The summed E-state index contributed by atoms with van der Waals surface area (Å²) in [6.45, 7) is 2.06. The van der Waals surface area contributed by atoms with Crippen molar-refractivity contribution in [2.45, 2.75) is 44.0 Å². The molecule has 1 N–H and O–H groups in total. The van der Waals surface area contributed by atoms with Crippen molar-refractivity contribution in [2.75, 3.05) is 0 Å². The lowest BCUT2D eigenvalue weighted by Crippen LogP contribution is -2.21. The Hall–Kier alpha value is -0.0800. The molecule has 2 aliphatic rings. The van der Waals surface area contributed by atoms with E-state index in [0.29, 0.717) is 0 Å². The zero-order chi connectivity index (χ0) is 6.54. The summed E-state index contributed by atoms with van der Waals surface area (Å²) in [5.74, 6) is -0.703. The lowest BCUT2D eigenvalue weighted by atomic mass is 10.4. The van der Waals surface area contributed by atoms with Gasteiger partial charge in [0, 0.05) is 12.8 Å². The van der Waals surface area contributed by atoms with Gasteiger partial charge in [-0.1, -0.05) is 0 Å². The molecule has 9 heavy (non-hydrogen) atoms. The molecule has 0 aromatic rings. The molecule has 52 valence electrons. The first-order valence-electron chi connectivity index (χ1n) is 3.55. The predicted octanol–water partition coefficient (Wildman–Crippen LogP) is 1.04. The highest BCUT2D eigenvalue weighted by Gasteiger charge is 2.51. The molecule has 0 radical (unpaired) electrons. The minimum atomic E-state index is -0.703. The van der Waals surface area contributed by atoms with Gasteiger partial charge in [0.15, 0.2) is 5.79 Å². The maximum Gasteiger partial charge on any atom is 0.166 e. The molecule has 2 rings (SSSR count). The molecule has 0 spiro atoms. The quantitative estimate of drug-likeness (QED) is 0.563. The summed E-state index contributed by atoms with van der Waals surface area (Å²) in [5, 5.41) is 9.28. The van der Waals surface area contributed by atoms with E-state index in [0.717, 1.165) is 25.7 Å². The van der Waals surface area contributed by atoms with Gasteiger partial charge < -0.3 is 9.84 Å². The minimum absolute atomic E-state index is 0.0469. The second kappa shape index (κ2) is 1.32. The van der Waals surface area contributed by atoms with Crippen molar-refractivity contribution < 1.29 is 9.84 Å². The van der Waals surface area contributed by atoms with Gasteiger partial charge in [0.25, 0.3) is 0 Å². The second-order valence-corrected chi connectivity index (χ2v) is 3.50. The average molecular weight is 128 g/mol. The van der Waals surface area contributed by atoms with Gasteiger partial charge in [0.1, 0.15) is 0 Å². The molecule has 2 heteroatoms. The van der Waals surface area contributed by atoms with Crippen LogP contribution in [0.5, 0.6) is 0 Å². The number of hydrogen-bond acceptors (Lipinski definition) is 2. The standard InChI is InChI=1S/C7H12O2/c1-6(2-3-6)9-7(8)4-5-7/h8H,2-5H2,1H3. The fourth-order valence-electron chi connectivity index (χ4n) is 0.946. The molecule has 0 unspecified atom stereocenters. The fraction of sp³-hybridized carbons (Fsp3) is 1.00. The summed E-state index contributed by atoms with van der Waals surface area (Å²) in [5.41, 5.74) is 0.0469. The molecule has 0 atom stereocenters. The maximum atomic E-state index is 9.28. The number of ether oxygens (including phenoxy) is 1. The molecular weight excluding hydrogens is 116 g/mol. The third-order valence-corrected chi connectivity index (χ3v) is 2.07. The van der Waals surface area contributed by atoms with E-state index in [-0.39, 0.29) is 5.60 Å². The van der Waals surface area contributed by atoms with Crippen LogP contribution in [0.15, 0.2) is 0 Å². The number of rotatable bonds is 2. The Morgan fingerprint density at radius 3 is 2.11 bits per heavy atom. The molecule has 0 aromatic carbocycles. The molecule has 0 bridgehead atoms. The summed E-state index contributed by atoms with van der Waals surface area (Å²) < 4.78 is 5.40. The van der Waals surface area contributed by atoms with E-state index in [1.165, 1.54) is 0 Å². The van der Waals surface area contributed by atoms with Crippen LogP contribution in [0.4, 0.5) is 0 Å². The van der Waals surface area contributed by atoms with Crippen LogP contribution in [0.2, 0.25) is 0 Å². The Morgan fingerprint density at radius 2 is 1.78 bits per heavy atom. The van der Waals surface area contributed by atoms with Crippen molar-refractivity contribution in [3.63, 3.8) is 0 Å². The van der Waals surface area contributed by atoms with E-state index in [4.69, 9.17) is 4.74 Å². The molecule has 2 saturated carbocycles. The fourth-order valence-corrected chi connectivity index (χ4v) is 0.946. The van der Waals surface area contributed by atoms with E-state index in [1.54, 1.807) is 0 Å². The predicted molar refractivity (Wildman–Crippen MR) is 32.9 cm³/mol. The first-order chi connectivity index (χ1) is 4.12. The van der Waals surface area contributed by atoms with E-state index in [9.17, 15) is 5.11 Å². The van der Waals surface area contributed by atoms with E-state index in [2.05, 4.69) is 6.92 Å². The van der Waals surface area contributed by atoms with Crippen molar-refractivity contribution in [3.05, 3.63) is 0 Å². The van der Waals surface area contributed by atoms with Gasteiger partial charge in [-0.25, -0.2) is 0 Å². The Labute approximate surface area is 54.8 Å². The third kappa shape index (κ3) is 1.10. The lowest BCUT2D eigenvalue weighted by molar-refractivity contribution is -0.165. The van der Waals surface area contributed by atoms with E-state index < -0.39 is 5.79 Å². The maximum absolute atomic E-state index is 9.28. The Morgan fingerprint density at radius 1 is 1.22 bits per heavy atom. The number of aliphatic hydroxyl groups is 1. The van der Waals surface area contributed by atoms with Gasteiger partial charge >= 0.3 is 0 Å². The molecule has 0 amide bonds. The van der Waals surface area contributed by atoms with Crippen LogP contribution in [0.1, 0.15) is 32.6 Å². The SMILES string of the molecule is CC1(OC2(O)CC2)CC1. The first-order valence-corrected chi connectivity index (χ1v) is 3.55. The normalized spacial score (nSPS) is 34.0. The molecule has 2 aliphatic carbocycles. The van der Waals surface area contributed by atoms with Crippen LogP contribution in [0.3, 0.4) is 0 Å². The highest BCUT2D eigenvalue weighted by atomic mass is 16.7. The monoisotopic (exact) mass is 128 g/mol. The second-order valence-electron chi connectivity index (χ2n) is 3.50. The first kappa shape index (κ1) is 5.69. The topological polar surface area (TPSA) is 29.5 Å². The van der Waals surface area contributed by atoms with Gasteiger partial charge in [-0.05, 0) is 19.8 Å². The van der Waals surface area contributed by atoms with Crippen molar-refractivity contribution in [1.82, 2.24) is 0 Å². The summed E-state index contributed by atoms with van der Waals surface area (Å²) >= 11 is 0. The van der Waals surface area contributed by atoms with Crippen LogP contribution in [0, 0.1) is 0 Å². The zero-order valence-corrected chi connectivity index (χ0v) is 5.68. The molecule has 0 aromatic heterocycles. The highest BCUT2D eigenvalue weighted by Crippen LogP contribution is 2.48. The highest BCUT2D eigenvalue weighted by molar-refractivity contribution is 4.96. The van der Waals surface area contributed by atoms with Gasteiger partial charge in [-0.3, -0.25) is 0 Å². The lowest BCUT2D eigenvalue weighted by Gasteiger charge is -2.15. The smallest absolute Gasteiger partial charge is 0.166 e. The van der Waals surface area contributed by atoms with Gasteiger partial charge in [-0.15, -0.1) is 0 Å². The minimum Gasteiger partial charge on any atom is -0.365 e. The van der Waals surface area contributed by atoms with Gasteiger partial charge in [0.05, 0.1) is 5.60 Å². The van der Waals surface area contributed by atoms with Crippen molar-refractivity contribution in [2.24, 2.45) is 0 Å². The summed E-state index contributed by atoms with van der Waals surface area (Å²) in [6, 6.07) is 0. The Kier molecular flexibility index (Phi) is 0.837. The molecular formula is C7H12O2. The summed E-state index contributed by atoms with van der Waals surface area (Å²) in [4.78, 5) is 0. The summed E-state index contributed by atoms with van der Waals surface area (Å²) in [7, 11) is 0. The average Bonchev–Trinajstić information content (AvgIpc) is 2.55. The molecule has 0 heterocycles. The largest absolute Gasteiger partial charge is 0.365 e. The molecule has 0 saturated heterocycles. The number of hydrogen-bond donors (Lipinski definition) is 1. The van der Waals surface area contributed by atoms with E-state index in [1.807, 2.05) is 0 Å². The summed E-state index contributed by atoms with van der Waals surface area (Å²) in [6.07, 6.45) is 3.91. The molecule has 2 fully saturated rings. The van der Waals surface area contributed by atoms with Crippen LogP contribution >= 0.6 is 0 Å². The van der Waals surface area contributed by atoms with E-state index >= 15 is 0 Å². The van der Waals surface area contributed by atoms with Gasteiger partial charge in [0.2, 0.25) is 0 Å². The van der Waals surface area contributed by atoms with Crippen LogP contribution in [0.25, 0.3) is 0 Å². The van der Waals surface area contributed by atoms with Crippen LogP contribution in [-0.2, 0) is 4.74 Å². The van der Waals surface area contributed by atoms with Crippen LogP contribution < -0.4 is 0 Å².